The van der Waals surface area contributed by atoms with Gasteiger partial charge in [-0.3, -0.25) is 0 Å². The van der Waals surface area contributed by atoms with Crippen LogP contribution in [0.15, 0.2) is 60.5 Å². The van der Waals surface area contributed by atoms with E-state index in [9.17, 15) is 0 Å². The third-order valence-corrected chi connectivity index (χ3v) is 2.97. The molecule has 2 aromatic rings. The first-order valence-corrected chi connectivity index (χ1v) is 5.70. The van der Waals surface area contributed by atoms with Crippen LogP contribution in [0.1, 0.15) is 10.4 Å². The third-order valence-electron chi connectivity index (χ3n) is 2.14. The number of hydrogen-bond acceptors (Lipinski definition) is 1. The van der Waals surface area contributed by atoms with Crippen LogP contribution in [0.4, 0.5) is 0 Å². The Balaban J connectivity index is 2.11. The zero-order valence-electron chi connectivity index (χ0n) is 8.39. The van der Waals surface area contributed by atoms with Crippen LogP contribution in [0.3, 0.4) is 0 Å². The van der Waals surface area contributed by atoms with Gasteiger partial charge in [-0.15, -0.1) is 11.3 Å². The van der Waals surface area contributed by atoms with Crippen LogP contribution >= 0.6 is 11.3 Å². The summed E-state index contributed by atoms with van der Waals surface area (Å²) in [6, 6.07) is 14.4. The average molecular weight is 212 g/mol. The van der Waals surface area contributed by atoms with Crippen molar-refractivity contribution in [2.75, 3.05) is 0 Å². The molecule has 0 saturated heterocycles. The van der Waals surface area contributed by atoms with Crippen LogP contribution in [0, 0.1) is 0 Å². The van der Waals surface area contributed by atoms with Gasteiger partial charge in [0.05, 0.1) is 0 Å². The molecule has 0 unspecified atom stereocenters. The summed E-state index contributed by atoms with van der Waals surface area (Å²) < 4.78 is 0. The lowest BCUT2D eigenvalue weighted by molar-refractivity contribution is 1.63. The second kappa shape index (κ2) is 4.76. The van der Waals surface area contributed by atoms with E-state index >= 15 is 0 Å². The molecular weight excluding hydrogens is 200 g/mol. The van der Waals surface area contributed by atoms with Crippen molar-refractivity contribution in [2.24, 2.45) is 0 Å². The van der Waals surface area contributed by atoms with E-state index in [4.69, 9.17) is 0 Å². The third kappa shape index (κ3) is 2.67. The standard InChI is InChI=1S/C14H12S/c1-12(13-6-3-2-4-7-13)9-10-14-8-5-11-15-14/h2-11H,1H2. The van der Waals surface area contributed by atoms with Crippen molar-refractivity contribution < 1.29 is 0 Å². The molecular formula is C14H12S. The Morgan fingerprint density at radius 1 is 1.07 bits per heavy atom. The second-order valence-corrected chi connectivity index (χ2v) is 4.22. The number of thiophene rings is 1. The van der Waals surface area contributed by atoms with Gasteiger partial charge in [-0.1, -0.05) is 49.1 Å². The van der Waals surface area contributed by atoms with E-state index in [2.05, 4.69) is 48.4 Å². The smallest absolute Gasteiger partial charge is 0.0270 e. The summed E-state index contributed by atoms with van der Waals surface area (Å²) in [6.45, 7) is 4.04. The van der Waals surface area contributed by atoms with Crippen molar-refractivity contribution in [2.45, 2.75) is 0 Å². The summed E-state index contributed by atoms with van der Waals surface area (Å²) in [5.74, 6) is 0. The molecule has 0 atom stereocenters. The lowest BCUT2D eigenvalue weighted by Gasteiger charge is -1.98. The molecule has 0 aliphatic heterocycles. The minimum Gasteiger partial charge on any atom is -0.144 e. The van der Waals surface area contributed by atoms with E-state index in [1.54, 1.807) is 11.3 Å². The Hall–Kier alpha value is -1.60. The van der Waals surface area contributed by atoms with Gasteiger partial charge in [0.25, 0.3) is 0 Å². The van der Waals surface area contributed by atoms with Gasteiger partial charge in [0.2, 0.25) is 0 Å². The Bertz CT molecular complexity index is 449. The van der Waals surface area contributed by atoms with Gasteiger partial charge in [-0.2, -0.15) is 0 Å². The second-order valence-electron chi connectivity index (χ2n) is 3.24. The van der Waals surface area contributed by atoms with Gasteiger partial charge in [0.1, 0.15) is 0 Å². The Kier molecular flexibility index (Phi) is 3.15. The molecule has 1 aromatic heterocycles. The minimum absolute atomic E-state index is 1.05. The van der Waals surface area contributed by atoms with Crippen LogP contribution in [0.5, 0.6) is 0 Å². The lowest BCUT2D eigenvalue weighted by Crippen LogP contribution is -1.76. The fraction of sp³-hybridized carbons (Fsp3) is 0. The van der Waals surface area contributed by atoms with E-state index in [-0.39, 0.29) is 0 Å². The highest BCUT2D eigenvalue weighted by Gasteiger charge is 1.92. The molecule has 0 amide bonds. The van der Waals surface area contributed by atoms with Crippen molar-refractivity contribution in [3.63, 3.8) is 0 Å². The van der Waals surface area contributed by atoms with Gasteiger partial charge >= 0.3 is 0 Å². The Morgan fingerprint density at radius 2 is 1.87 bits per heavy atom. The number of rotatable bonds is 3. The normalized spacial score (nSPS) is 10.7. The fourth-order valence-electron chi connectivity index (χ4n) is 1.32. The van der Waals surface area contributed by atoms with E-state index < -0.39 is 0 Å². The molecule has 0 aliphatic rings. The van der Waals surface area contributed by atoms with Crippen molar-refractivity contribution in [1.82, 2.24) is 0 Å². The summed E-state index contributed by atoms with van der Waals surface area (Å²) in [7, 11) is 0. The van der Waals surface area contributed by atoms with Gasteiger partial charge in [0, 0.05) is 4.88 Å². The fourth-order valence-corrected chi connectivity index (χ4v) is 1.94. The highest BCUT2D eigenvalue weighted by Crippen LogP contribution is 2.16. The molecule has 0 radical (unpaired) electrons. The highest BCUT2D eigenvalue weighted by atomic mass is 32.1. The quantitative estimate of drug-likeness (QED) is 0.658. The molecule has 0 bridgehead atoms. The molecule has 0 aliphatic carbocycles. The number of benzene rings is 1. The summed E-state index contributed by atoms with van der Waals surface area (Å²) in [6.07, 6.45) is 4.15. The van der Waals surface area contributed by atoms with Gasteiger partial charge < -0.3 is 0 Å². The maximum Gasteiger partial charge on any atom is 0.0270 e. The lowest BCUT2D eigenvalue weighted by atomic mass is 10.1. The van der Waals surface area contributed by atoms with Crippen LogP contribution in [0.25, 0.3) is 11.6 Å². The molecule has 0 N–H and O–H groups in total. The molecule has 0 nitrogen and oxygen atoms in total. The van der Waals surface area contributed by atoms with E-state index in [1.807, 2.05) is 18.2 Å². The minimum atomic E-state index is 1.05. The van der Waals surface area contributed by atoms with E-state index in [0.29, 0.717) is 0 Å². The molecule has 0 saturated carbocycles. The molecule has 0 fully saturated rings. The predicted molar refractivity (Wildman–Crippen MR) is 68.8 cm³/mol. The topological polar surface area (TPSA) is 0 Å². The summed E-state index contributed by atoms with van der Waals surface area (Å²) in [5.41, 5.74) is 2.22. The Morgan fingerprint density at radius 3 is 2.53 bits per heavy atom. The predicted octanol–water partition coefficient (Wildman–Crippen LogP) is 4.47. The van der Waals surface area contributed by atoms with Crippen molar-refractivity contribution in [3.8, 4) is 0 Å². The maximum absolute atomic E-state index is 4.04. The molecule has 1 heterocycles. The van der Waals surface area contributed by atoms with Crippen molar-refractivity contribution >= 4 is 23.0 Å². The monoisotopic (exact) mass is 212 g/mol. The molecule has 1 aromatic carbocycles. The molecule has 1 heteroatoms. The van der Waals surface area contributed by atoms with Gasteiger partial charge in [-0.25, -0.2) is 0 Å². The molecule has 0 spiro atoms. The van der Waals surface area contributed by atoms with Crippen LogP contribution in [-0.2, 0) is 0 Å². The summed E-state index contributed by atoms with van der Waals surface area (Å²) in [4.78, 5) is 1.26. The van der Waals surface area contributed by atoms with Gasteiger partial charge in [0.15, 0.2) is 0 Å². The summed E-state index contributed by atoms with van der Waals surface area (Å²) in [5, 5.41) is 2.07. The highest BCUT2D eigenvalue weighted by molar-refractivity contribution is 7.10. The van der Waals surface area contributed by atoms with Crippen LogP contribution in [0.2, 0.25) is 0 Å². The first-order chi connectivity index (χ1) is 7.36. The molecule has 2 rings (SSSR count). The number of allylic oxidation sites excluding steroid dienone is 2. The zero-order valence-corrected chi connectivity index (χ0v) is 9.21. The van der Waals surface area contributed by atoms with E-state index in [1.165, 1.54) is 10.4 Å². The van der Waals surface area contributed by atoms with Gasteiger partial charge in [-0.05, 0) is 28.7 Å². The first kappa shape index (κ1) is 9.94. The SMILES string of the molecule is C=C(C=Cc1cccs1)c1ccccc1. The largest absolute Gasteiger partial charge is 0.144 e. The van der Waals surface area contributed by atoms with Crippen molar-refractivity contribution in [3.05, 3.63) is 70.9 Å². The van der Waals surface area contributed by atoms with Crippen LogP contribution < -0.4 is 0 Å². The zero-order chi connectivity index (χ0) is 10.5. The van der Waals surface area contributed by atoms with Crippen molar-refractivity contribution in [1.29, 1.82) is 0 Å². The van der Waals surface area contributed by atoms with Crippen LogP contribution in [-0.4, -0.2) is 0 Å². The van der Waals surface area contributed by atoms with E-state index in [0.717, 1.165) is 5.57 Å². The molecule has 15 heavy (non-hydrogen) atoms. The molecule has 74 valence electrons. The summed E-state index contributed by atoms with van der Waals surface area (Å²) >= 11 is 1.73. The average Bonchev–Trinajstić information content (AvgIpc) is 2.80. The number of hydrogen-bond donors (Lipinski definition) is 0. The maximum atomic E-state index is 4.04. The first-order valence-electron chi connectivity index (χ1n) is 4.82. The Labute approximate surface area is 94.2 Å².